The molecule has 70 valence electrons. The summed E-state index contributed by atoms with van der Waals surface area (Å²) < 4.78 is 0.897. The summed E-state index contributed by atoms with van der Waals surface area (Å²) in [6, 6.07) is 0. The van der Waals surface area contributed by atoms with Crippen molar-refractivity contribution in [2.45, 2.75) is 6.42 Å². The van der Waals surface area contributed by atoms with Gasteiger partial charge in [-0.2, -0.15) is 0 Å². The van der Waals surface area contributed by atoms with Crippen LogP contribution in [0.25, 0.3) is 0 Å². The van der Waals surface area contributed by atoms with Crippen molar-refractivity contribution in [1.29, 1.82) is 0 Å². The first kappa shape index (κ1) is 14.6. The third-order valence-corrected chi connectivity index (χ3v) is 1.45. The number of aromatic nitrogens is 2. The van der Waals surface area contributed by atoms with E-state index in [-0.39, 0.29) is 24.8 Å². The molecular formula is C6H10BrCl2N3. The van der Waals surface area contributed by atoms with Gasteiger partial charge in [-0.25, -0.2) is 9.97 Å². The molecule has 0 amide bonds. The van der Waals surface area contributed by atoms with Crippen molar-refractivity contribution >= 4 is 40.7 Å². The summed E-state index contributed by atoms with van der Waals surface area (Å²) in [6.45, 7) is 0.599. The molecular weight excluding hydrogens is 265 g/mol. The number of nitrogens with zero attached hydrogens (tertiary/aromatic N) is 2. The lowest BCUT2D eigenvalue weighted by atomic mass is 10.4. The molecule has 6 heteroatoms. The smallest absolute Gasteiger partial charge is 0.129 e. The van der Waals surface area contributed by atoms with Crippen LogP contribution in [-0.4, -0.2) is 16.5 Å². The third kappa shape index (κ3) is 4.87. The Hall–Kier alpha value is 0.1000. The largest absolute Gasteiger partial charge is 0.330 e. The Morgan fingerprint density at radius 3 is 2.17 bits per heavy atom. The number of halogens is 3. The highest BCUT2D eigenvalue weighted by atomic mass is 79.9. The van der Waals surface area contributed by atoms with Crippen LogP contribution in [0, 0.1) is 0 Å². The first-order valence-electron chi connectivity index (χ1n) is 2.99. The zero-order valence-electron chi connectivity index (χ0n) is 6.24. The van der Waals surface area contributed by atoms with Gasteiger partial charge in [-0.1, -0.05) is 0 Å². The van der Waals surface area contributed by atoms with E-state index in [1.807, 2.05) is 0 Å². The first-order valence-corrected chi connectivity index (χ1v) is 3.78. The fourth-order valence-electron chi connectivity index (χ4n) is 0.597. The Balaban J connectivity index is 0. The predicted molar refractivity (Wildman–Crippen MR) is 57.0 cm³/mol. The Labute approximate surface area is 92.1 Å². The molecule has 0 radical (unpaired) electrons. The fraction of sp³-hybridized carbons (Fsp3) is 0.333. The molecule has 0 unspecified atom stereocenters. The molecule has 12 heavy (non-hydrogen) atoms. The van der Waals surface area contributed by atoms with Crippen LogP contribution in [0.4, 0.5) is 0 Å². The van der Waals surface area contributed by atoms with Crippen molar-refractivity contribution in [2.75, 3.05) is 6.54 Å². The molecule has 1 heterocycles. The van der Waals surface area contributed by atoms with Crippen LogP contribution in [0.1, 0.15) is 5.82 Å². The minimum Gasteiger partial charge on any atom is -0.330 e. The van der Waals surface area contributed by atoms with E-state index in [9.17, 15) is 0 Å². The van der Waals surface area contributed by atoms with Gasteiger partial charge in [-0.3, -0.25) is 0 Å². The summed E-state index contributed by atoms with van der Waals surface area (Å²) in [4.78, 5) is 8.06. The quantitative estimate of drug-likeness (QED) is 0.891. The SMILES string of the molecule is Cl.Cl.NCCc1ncc(Br)cn1. The van der Waals surface area contributed by atoms with E-state index in [4.69, 9.17) is 5.73 Å². The lowest BCUT2D eigenvalue weighted by molar-refractivity contribution is 0.864. The van der Waals surface area contributed by atoms with Crippen LogP contribution in [-0.2, 0) is 6.42 Å². The van der Waals surface area contributed by atoms with Crippen molar-refractivity contribution in [3.8, 4) is 0 Å². The number of hydrogen-bond acceptors (Lipinski definition) is 3. The van der Waals surface area contributed by atoms with E-state index in [1.54, 1.807) is 12.4 Å². The molecule has 3 nitrogen and oxygen atoms in total. The van der Waals surface area contributed by atoms with E-state index in [0.717, 1.165) is 16.7 Å². The standard InChI is InChI=1S/C6H8BrN3.2ClH/c7-5-3-9-6(1-2-8)10-4-5;;/h3-4H,1-2,8H2;2*1H. The normalized spacial score (nSPS) is 8.17. The van der Waals surface area contributed by atoms with Crippen LogP contribution in [0.3, 0.4) is 0 Å². The third-order valence-electron chi connectivity index (χ3n) is 1.04. The summed E-state index contributed by atoms with van der Waals surface area (Å²) in [7, 11) is 0. The van der Waals surface area contributed by atoms with Gasteiger partial charge >= 0.3 is 0 Å². The van der Waals surface area contributed by atoms with Crippen molar-refractivity contribution in [2.24, 2.45) is 5.73 Å². The van der Waals surface area contributed by atoms with Crippen LogP contribution < -0.4 is 5.73 Å². The Kier molecular flexibility index (Phi) is 9.42. The number of hydrogen-bond donors (Lipinski definition) is 1. The molecule has 1 rings (SSSR count). The van der Waals surface area contributed by atoms with Crippen LogP contribution in [0.5, 0.6) is 0 Å². The van der Waals surface area contributed by atoms with Gasteiger partial charge in [-0.05, 0) is 22.5 Å². The van der Waals surface area contributed by atoms with Crippen molar-refractivity contribution < 1.29 is 0 Å². The molecule has 0 aliphatic carbocycles. The van der Waals surface area contributed by atoms with E-state index < -0.39 is 0 Å². The molecule has 0 aromatic carbocycles. The van der Waals surface area contributed by atoms with Crippen molar-refractivity contribution in [3.63, 3.8) is 0 Å². The second-order valence-electron chi connectivity index (χ2n) is 1.86. The van der Waals surface area contributed by atoms with Crippen LogP contribution in [0.15, 0.2) is 16.9 Å². The summed E-state index contributed by atoms with van der Waals surface area (Å²) in [5.74, 6) is 0.797. The van der Waals surface area contributed by atoms with E-state index >= 15 is 0 Å². The molecule has 1 aromatic heterocycles. The molecule has 0 saturated heterocycles. The van der Waals surface area contributed by atoms with Crippen molar-refractivity contribution in [3.05, 3.63) is 22.7 Å². The van der Waals surface area contributed by atoms with Crippen molar-refractivity contribution in [1.82, 2.24) is 9.97 Å². The zero-order chi connectivity index (χ0) is 7.40. The molecule has 0 aliphatic heterocycles. The topological polar surface area (TPSA) is 51.8 Å². The molecule has 0 bridgehead atoms. The van der Waals surface area contributed by atoms with Gasteiger partial charge in [-0.15, -0.1) is 24.8 Å². The molecule has 0 spiro atoms. The van der Waals surface area contributed by atoms with Gasteiger partial charge < -0.3 is 5.73 Å². The molecule has 0 fully saturated rings. The molecule has 0 aliphatic rings. The molecule has 2 N–H and O–H groups in total. The van der Waals surface area contributed by atoms with Gasteiger partial charge in [0.1, 0.15) is 5.82 Å². The van der Waals surface area contributed by atoms with Crippen LogP contribution >= 0.6 is 40.7 Å². The second-order valence-corrected chi connectivity index (χ2v) is 2.77. The predicted octanol–water partition coefficient (Wildman–Crippen LogP) is 1.58. The highest BCUT2D eigenvalue weighted by Crippen LogP contribution is 2.03. The van der Waals surface area contributed by atoms with Gasteiger partial charge in [0.2, 0.25) is 0 Å². The van der Waals surface area contributed by atoms with Gasteiger partial charge in [0.25, 0.3) is 0 Å². The van der Waals surface area contributed by atoms with E-state index in [2.05, 4.69) is 25.9 Å². The number of nitrogens with two attached hydrogens (primary N) is 1. The molecule has 1 aromatic rings. The van der Waals surface area contributed by atoms with E-state index in [0.29, 0.717) is 6.54 Å². The maximum absolute atomic E-state index is 5.31. The van der Waals surface area contributed by atoms with Crippen LogP contribution in [0.2, 0.25) is 0 Å². The summed E-state index contributed by atoms with van der Waals surface area (Å²) >= 11 is 3.24. The lowest BCUT2D eigenvalue weighted by Gasteiger charge is -1.94. The minimum atomic E-state index is 0. The summed E-state index contributed by atoms with van der Waals surface area (Å²) in [5.41, 5.74) is 5.31. The number of rotatable bonds is 2. The average molecular weight is 275 g/mol. The van der Waals surface area contributed by atoms with Gasteiger partial charge in [0, 0.05) is 18.8 Å². The highest BCUT2D eigenvalue weighted by molar-refractivity contribution is 9.10. The zero-order valence-corrected chi connectivity index (χ0v) is 9.45. The Morgan fingerprint density at radius 2 is 1.75 bits per heavy atom. The van der Waals surface area contributed by atoms with Gasteiger partial charge in [0.05, 0.1) is 4.47 Å². The highest BCUT2D eigenvalue weighted by Gasteiger charge is 1.92. The molecule has 0 saturated carbocycles. The Bertz CT molecular complexity index is 204. The second kappa shape index (κ2) is 7.73. The first-order chi connectivity index (χ1) is 4.83. The lowest BCUT2D eigenvalue weighted by Crippen LogP contribution is -2.05. The average Bonchev–Trinajstić information content (AvgIpc) is 1.95. The maximum atomic E-state index is 5.31. The fourth-order valence-corrected chi connectivity index (χ4v) is 0.802. The maximum Gasteiger partial charge on any atom is 0.129 e. The minimum absolute atomic E-state index is 0. The van der Waals surface area contributed by atoms with Gasteiger partial charge in [0.15, 0.2) is 0 Å². The monoisotopic (exact) mass is 273 g/mol. The molecule has 0 atom stereocenters. The summed E-state index contributed by atoms with van der Waals surface area (Å²) in [6.07, 6.45) is 4.18. The van der Waals surface area contributed by atoms with E-state index in [1.165, 1.54) is 0 Å². The summed E-state index contributed by atoms with van der Waals surface area (Å²) in [5, 5.41) is 0. The Morgan fingerprint density at radius 1 is 1.25 bits per heavy atom.